The Labute approximate surface area is 206 Å². The number of benzene rings is 3. The lowest BCUT2D eigenvalue weighted by molar-refractivity contribution is -0.116. The lowest BCUT2D eigenvalue weighted by atomic mass is 9.93. The fraction of sp³-hybridized carbons (Fsp3) is 0.200. The number of fused-ring (bicyclic) bond motifs is 1. The van der Waals surface area contributed by atoms with Crippen LogP contribution in [0.4, 0.5) is 0 Å². The predicted molar refractivity (Wildman–Crippen MR) is 142 cm³/mol. The van der Waals surface area contributed by atoms with E-state index in [9.17, 15) is 4.79 Å². The standard InChI is InChI=1S/C30H30N2O3/c1-34-26-13-10-24(11-14-26)30-23(8-9-25-20-27(35-2)15-16-28(25)30)12-17-29(33)32-19-4-3-6-22-7-5-18-31-21-22/h5,7-18,20-21H,3-4,6,19H2,1-2H3,(H,32,33). The maximum Gasteiger partial charge on any atom is 0.243 e. The van der Waals surface area contributed by atoms with Crippen LogP contribution in [-0.4, -0.2) is 31.7 Å². The van der Waals surface area contributed by atoms with Crippen LogP contribution in [-0.2, 0) is 11.2 Å². The number of nitrogens with one attached hydrogen (secondary N) is 1. The number of aryl methyl sites for hydroxylation is 1. The van der Waals surface area contributed by atoms with Gasteiger partial charge in [-0.25, -0.2) is 0 Å². The van der Waals surface area contributed by atoms with E-state index in [1.54, 1.807) is 26.5 Å². The molecule has 5 nitrogen and oxygen atoms in total. The van der Waals surface area contributed by atoms with Crippen LogP contribution in [0.3, 0.4) is 0 Å². The van der Waals surface area contributed by atoms with Gasteiger partial charge in [-0.1, -0.05) is 36.4 Å². The highest BCUT2D eigenvalue weighted by molar-refractivity contribution is 6.02. The first-order chi connectivity index (χ1) is 17.2. The third kappa shape index (κ3) is 6.27. The van der Waals surface area contributed by atoms with Gasteiger partial charge in [0, 0.05) is 25.0 Å². The number of unbranched alkanes of at least 4 members (excludes halogenated alkanes) is 1. The SMILES string of the molecule is COc1ccc(-c2c(C=CC(=O)NCCCCc3cccnc3)ccc3cc(OC)ccc23)cc1. The number of ether oxygens (including phenoxy) is 2. The van der Waals surface area contributed by atoms with E-state index in [0.717, 1.165) is 58.2 Å². The zero-order chi connectivity index (χ0) is 24.5. The molecular weight excluding hydrogens is 436 g/mol. The van der Waals surface area contributed by atoms with Crippen LogP contribution in [0.25, 0.3) is 28.0 Å². The van der Waals surface area contributed by atoms with Crippen LogP contribution in [0.5, 0.6) is 11.5 Å². The number of carbonyl (C=O) groups excluding carboxylic acids is 1. The fourth-order valence-corrected chi connectivity index (χ4v) is 4.11. The van der Waals surface area contributed by atoms with Crippen LogP contribution < -0.4 is 14.8 Å². The Bertz CT molecular complexity index is 1300. The van der Waals surface area contributed by atoms with Crippen LogP contribution in [0.2, 0.25) is 0 Å². The molecule has 0 atom stereocenters. The molecule has 1 aromatic heterocycles. The molecule has 5 heteroatoms. The minimum atomic E-state index is -0.0955. The van der Waals surface area contributed by atoms with Crippen LogP contribution >= 0.6 is 0 Å². The van der Waals surface area contributed by atoms with Crippen molar-refractivity contribution in [2.45, 2.75) is 19.3 Å². The molecule has 3 aromatic carbocycles. The number of nitrogens with zero attached hydrogens (tertiary/aromatic N) is 1. The van der Waals surface area contributed by atoms with Crippen molar-refractivity contribution in [2.24, 2.45) is 0 Å². The first kappa shape index (κ1) is 24.0. The number of methoxy groups -OCH3 is 2. The Morgan fingerprint density at radius 3 is 2.49 bits per heavy atom. The van der Waals surface area contributed by atoms with E-state index < -0.39 is 0 Å². The Morgan fingerprint density at radius 1 is 0.943 bits per heavy atom. The van der Waals surface area contributed by atoms with Crippen LogP contribution in [0.1, 0.15) is 24.0 Å². The molecule has 0 unspecified atom stereocenters. The van der Waals surface area contributed by atoms with Crippen molar-refractivity contribution < 1.29 is 14.3 Å². The summed E-state index contributed by atoms with van der Waals surface area (Å²) in [6.07, 6.45) is 10.1. The van der Waals surface area contributed by atoms with Gasteiger partial charge in [-0.2, -0.15) is 0 Å². The number of hydrogen-bond donors (Lipinski definition) is 1. The summed E-state index contributed by atoms with van der Waals surface area (Å²) in [5.74, 6) is 1.52. The van der Waals surface area contributed by atoms with E-state index in [0.29, 0.717) is 6.54 Å². The topological polar surface area (TPSA) is 60.5 Å². The number of amides is 1. The van der Waals surface area contributed by atoms with Gasteiger partial charge in [-0.05, 0) is 88.7 Å². The average Bonchev–Trinajstić information content (AvgIpc) is 2.91. The summed E-state index contributed by atoms with van der Waals surface area (Å²) in [4.78, 5) is 16.6. The molecule has 35 heavy (non-hydrogen) atoms. The molecule has 4 aromatic rings. The Balaban J connectivity index is 1.48. The number of hydrogen-bond acceptors (Lipinski definition) is 4. The highest BCUT2D eigenvalue weighted by atomic mass is 16.5. The maximum absolute atomic E-state index is 12.5. The summed E-state index contributed by atoms with van der Waals surface area (Å²) in [5.41, 5.74) is 4.31. The van der Waals surface area contributed by atoms with E-state index >= 15 is 0 Å². The van der Waals surface area contributed by atoms with Gasteiger partial charge in [-0.15, -0.1) is 0 Å². The summed E-state index contributed by atoms with van der Waals surface area (Å²) in [7, 11) is 3.32. The molecule has 0 bridgehead atoms. The number of aromatic nitrogens is 1. The molecule has 0 aliphatic rings. The van der Waals surface area contributed by atoms with Crippen molar-refractivity contribution in [3.63, 3.8) is 0 Å². The number of pyridine rings is 1. The molecule has 0 saturated carbocycles. The van der Waals surface area contributed by atoms with Gasteiger partial charge in [0.2, 0.25) is 5.91 Å². The molecule has 0 fully saturated rings. The van der Waals surface area contributed by atoms with Gasteiger partial charge in [0.1, 0.15) is 11.5 Å². The van der Waals surface area contributed by atoms with E-state index in [4.69, 9.17) is 9.47 Å². The molecule has 0 spiro atoms. The maximum atomic E-state index is 12.5. The third-order valence-electron chi connectivity index (χ3n) is 5.97. The van der Waals surface area contributed by atoms with Crippen LogP contribution in [0, 0.1) is 0 Å². The van der Waals surface area contributed by atoms with Crippen LogP contribution in [0.15, 0.2) is 85.2 Å². The van der Waals surface area contributed by atoms with Gasteiger partial charge in [0.25, 0.3) is 0 Å². The van der Waals surface area contributed by atoms with Crippen molar-refractivity contribution in [2.75, 3.05) is 20.8 Å². The Kier molecular flexibility index (Phi) is 8.12. The molecule has 1 heterocycles. The van der Waals surface area contributed by atoms with Crippen molar-refractivity contribution in [3.05, 3.63) is 96.3 Å². The highest BCUT2D eigenvalue weighted by Gasteiger charge is 2.10. The zero-order valence-electron chi connectivity index (χ0n) is 20.2. The zero-order valence-corrected chi connectivity index (χ0v) is 20.2. The predicted octanol–water partition coefficient (Wildman–Crippen LogP) is 6.07. The second kappa shape index (κ2) is 11.8. The monoisotopic (exact) mass is 466 g/mol. The average molecular weight is 467 g/mol. The number of carbonyl (C=O) groups is 1. The minimum Gasteiger partial charge on any atom is -0.497 e. The van der Waals surface area contributed by atoms with Gasteiger partial charge in [-0.3, -0.25) is 9.78 Å². The smallest absolute Gasteiger partial charge is 0.243 e. The largest absolute Gasteiger partial charge is 0.497 e. The third-order valence-corrected chi connectivity index (χ3v) is 5.97. The lowest BCUT2D eigenvalue weighted by Crippen LogP contribution is -2.22. The second-order valence-corrected chi connectivity index (χ2v) is 8.29. The summed E-state index contributed by atoms with van der Waals surface area (Å²) < 4.78 is 10.7. The van der Waals surface area contributed by atoms with Crippen molar-refractivity contribution in [1.82, 2.24) is 10.3 Å². The first-order valence-corrected chi connectivity index (χ1v) is 11.8. The molecule has 0 aliphatic carbocycles. The molecule has 1 N–H and O–H groups in total. The van der Waals surface area contributed by atoms with Gasteiger partial charge in [0.15, 0.2) is 0 Å². The van der Waals surface area contributed by atoms with Crippen molar-refractivity contribution in [3.8, 4) is 22.6 Å². The minimum absolute atomic E-state index is 0.0955. The van der Waals surface area contributed by atoms with E-state index in [1.165, 1.54) is 5.56 Å². The van der Waals surface area contributed by atoms with Crippen molar-refractivity contribution in [1.29, 1.82) is 0 Å². The second-order valence-electron chi connectivity index (χ2n) is 8.29. The Hall–Kier alpha value is -4.12. The summed E-state index contributed by atoms with van der Waals surface area (Å²) in [6, 6.07) is 22.1. The quantitative estimate of drug-likeness (QED) is 0.228. The number of rotatable bonds is 10. The van der Waals surface area contributed by atoms with E-state index in [1.807, 2.05) is 60.8 Å². The van der Waals surface area contributed by atoms with Gasteiger partial charge < -0.3 is 14.8 Å². The summed E-state index contributed by atoms with van der Waals surface area (Å²) in [5, 5.41) is 5.16. The molecule has 0 radical (unpaired) electrons. The lowest BCUT2D eigenvalue weighted by Gasteiger charge is -2.13. The highest BCUT2D eigenvalue weighted by Crippen LogP contribution is 2.35. The fourth-order valence-electron chi connectivity index (χ4n) is 4.11. The molecule has 4 rings (SSSR count). The van der Waals surface area contributed by atoms with E-state index in [2.05, 4.69) is 28.5 Å². The molecule has 178 valence electrons. The normalized spacial score (nSPS) is 11.0. The Morgan fingerprint density at radius 2 is 1.74 bits per heavy atom. The first-order valence-electron chi connectivity index (χ1n) is 11.8. The molecule has 0 saturated heterocycles. The molecule has 0 aliphatic heterocycles. The van der Waals surface area contributed by atoms with Gasteiger partial charge in [0.05, 0.1) is 14.2 Å². The van der Waals surface area contributed by atoms with Crippen molar-refractivity contribution >= 4 is 22.8 Å². The summed E-state index contributed by atoms with van der Waals surface area (Å²) in [6.45, 7) is 0.645. The molecular formula is C30H30N2O3. The molecule has 1 amide bonds. The van der Waals surface area contributed by atoms with Gasteiger partial charge >= 0.3 is 0 Å². The summed E-state index contributed by atoms with van der Waals surface area (Å²) >= 11 is 0. The van der Waals surface area contributed by atoms with E-state index in [-0.39, 0.29) is 5.91 Å².